The summed E-state index contributed by atoms with van der Waals surface area (Å²) in [4.78, 5) is 31.5. The van der Waals surface area contributed by atoms with Gasteiger partial charge in [-0.05, 0) is 57.4 Å². The molecule has 0 spiro atoms. The summed E-state index contributed by atoms with van der Waals surface area (Å²) in [7, 11) is 4.04. The number of aromatic nitrogens is 2. The van der Waals surface area contributed by atoms with E-state index in [1.165, 1.54) is 5.57 Å². The van der Waals surface area contributed by atoms with Gasteiger partial charge in [0.15, 0.2) is 5.82 Å². The number of aliphatic imine (C=N–C) groups is 1. The number of nitrogens with one attached hydrogen (secondary N) is 2. The summed E-state index contributed by atoms with van der Waals surface area (Å²) in [6, 6.07) is 12.0. The third-order valence-corrected chi connectivity index (χ3v) is 7.63. The van der Waals surface area contributed by atoms with Crippen LogP contribution < -0.4 is 10.6 Å². The fourth-order valence-corrected chi connectivity index (χ4v) is 5.65. The average molecular weight is 524 g/mol. The number of fused-ring (bicyclic) bond motifs is 1. The maximum absolute atomic E-state index is 13.6. The molecule has 2 amide bonds. The van der Waals surface area contributed by atoms with E-state index in [1.54, 1.807) is 11.3 Å². The predicted molar refractivity (Wildman–Crippen MR) is 153 cm³/mol. The van der Waals surface area contributed by atoms with E-state index >= 15 is 0 Å². The first-order valence-electron chi connectivity index (χ1n) is 11.8. The van der Waals surface area contributed by atoms with Crippen LogP contribution in [0.5, 0.6) is 0 Å². The number of hydrogen-bond acceptors (Lipinski definition) is 7. The van der Waals surface area contributed by atoms with E-state index < -0.39 is 5.54 Å². The first-order chi connectivity index (χ1) is 16.7. The van der Waals surface area contributed by atoms with E-state index in [0.29, 0.717) is 18.9 Å². The normalized spacial score (nSPS) is 17.2. The number of carbonyl (C=O) groups excluding carboxylic acids is 1. The number of likely N-dealkylation sites (N-methyl/N-ethyl adjacent to an activating group) is 1. The van der Waals surface area contributed by atoms with E-state index in [0.717, 1.165) is 39.6 Å². The second kappa shape index (κ2) is 10.2. The molecule has 0 bridgehead atoms. The molecular weight excluding hydrogens is 490 g/mol. The molecule has 10 heteroatoms. The van der Waals surface area contributed by atoms with Gasteiger partial charge < -0.3 is 20.4 Å². The Hall–Kier alpha value is -2.95. The van der Waals surface area contributed by atoms with Crippen LogP contribution >= 0.6 is 24.8 Å². The Morgan fingerprint density at radius 2 is 1.94 bits per heavy atom. The van der Waals surface area contributed by atoms with Crippen molar-refractivity contribution in [2.45, 2.75) is 32.4 Å². The van der Waals surface area contributed by atoms with Crippen molar-refractivity contribution in [2.24, 2.45) is 4.99 Å². The number of amides is 2. The molecule has 4 heterocycles. The summed E-state index contributed by atoms with van der Waals surface area (Å²) in [6.07, 6.45) is 0. The fourth-order valence-electron chi connectivity index (χ4n) is 4.87. The van der Waals surface area contributed by atoms with Crippen LogP contribution in [0.4, 0.5) is 10.6 Å². The number of carbonyl (C=O) groups is 1. The molecule has 36 heavy (non-hydrogen) atoms. The Bertz CT molecular complexity index is 1330. The highest BCUT2D eigenvalue weighted by Gasteiger charge is 2.45. The van der Waals surface area contributed by atoms with Crippen molar-refractivity contribution in [3.63, 3.8) is 0 Å². The molecule has 3 aromatic rings. The van der Waals surface area contributed by atoms with E-state index in [4.69, 9.17) is 4.99 Å². The summed E-state index contributed by atoms with van der Waals surface area (Å²) in [5.74, 6) is 2.28. The van der Waals surface area contributed by atoms with Crippen molar-refractivity contribution in [3.05, 3.63) is 64.3 Å². The van der Waals surface area contributed by atoms with Gasteiger partial charge in [-0.25, -0.2) is 14.8 Å². The third kappa shape index (κ3) is 4.85. The molecule has 0 saturated carbocycles. The van der Waals surface area contributed by atoms with Gasteiger partial charge in [0, 0.05) is 12.1 Å². The Kier molecular flexibility index (Phi) is 7.40. The lowest BCUT2D eigenvalue weighted by molar-refractivity contribution is 0.165. The number of amidine groups is 1. The quantitative estimate of drug-likeness (QED) is 0.520. The topological polar surface area (TPSA) is 85.8 Å². The zero-order valence-corrected chi connectivity index (χ0v) is 23.1. The lowest BCUT2D eigenvalue weighted by Gasteiger charge is -2.36. The van der Waals surface area contributed by atoms with Crippen LogP contribution in [-0.2, 0) is 0 Å². The van der Waals surface area contributed by atoms with Gasteiger partial charge in [-0.2, -0.15) is 13.5 Å². The van der Waals surface area contributed by atoms with Crippen LogP contribution in [-0.4, -0.2) is 70.9 Å². The molecule has 1 aromatic carbocycles. The number of rotatable bonds is 5. The van der Waals surface area contributed by atoms with Crippen molar-refractivity contribution in [1.29, 1.82) is 0 Å². The van der Waals surface area contributed by atoms with Gasteiger partial charge in [0.2, 0.25) is 0 Å². The Balaban J connectivity index is 0.00000304. The molecular formula is C26H33N7OS2. The Morgan fingerprint density at radius 1 is 1.19 bits per heavy atom. The van der Waals surface area contributed by atoms with Gasteiger partial charge in [-0.3, -0.25) is 4.99 Å². The second-order valence-corrected chi connectivity index (χ2v) is 10.7. The molecule has 0 saturated heterocycles. The van der Waals surface area contributed by atoms with Crippen molar-refractivity contribution in [3.8, 4) is 0 Å². The minimum absolute atomic E-state index is 0. The zero-order chi connectivity index (χ0) is 24.7. The maximum Gasteiger partial charge on any atom is 0.318 e. The summed E-state index contributed by atoms with van der Waals surface area (Å²) in [6.45, 7) is 7.89. The predicted octanol–water partition coefficient (Wildman–Crippen LogP) is 4.34. The standard InChI is InChI=1S/C26H31N7OS.H2S/c1-16-28-20-11-12-35-22(20)24(29-16)31-23-18-14-33(26(2,3)19(18)13-27-23)25(34)30-21(15-32(4)5)17-9-7-6-8-10-17;/h6-12,21H,13-15H2,1-5H3,(H,30,34)(H,27,28,29,31);1H2/t21-;/m1./s1. The number of hydrogen-bond donors (Lipinski definition) is 2. The van der Waals surface area contributed by atoms with Gasteiger partial charge in [0.25, 0.3) is 0 Å². The minimum Gasteiger partial charge on any atom is -0.330 e. The van der Waals surface area contributed by atoms with Crippen LogP contribution in [0.25, 0.3) is 10.2 Å². The van der Waals surface area contributed by atoms with E-state index in [1.807, 2.05) is 55.6 Å². The number of aryl methyl sites for hydroxylation is 1. The number of benzene rings is 1. The number of thiophene rings is 1. The van der Waals surface area contributed by atoms with Crippen LogP contribution in [0.15, 0.2) is 57.9 Å². The van der Waals surface area contributed by atoms with Crippen molar-refractivity contribution in [2.75, 3.05) is 39.0 Å². The number of urea groups is 1. The van der Waals surface area contributed by atoms with Crippen molar-refractivity contribution in [1.82, 2.24) is 25.1 Å². The van der Waals surface area contributed by atoms with Crippen LogP contribution in [0, 0.1) is 6.92 Å². The molecule has 0 radical (unpaired) electrons. The van der Waals surface area contributed by atoms with Gasteiger partial charge >= 0.3 is 6.03 Å². The summed E-state index contributed by atoms with van der Waals surface area (Å²) < 4.78 is 1.01. The van der Waals surface area contributed by atoms with Crippen LogP contribution in [0.1, 0.15) is 31.3 Å². The fraction of sp³-hybridized carbons (Fsp3) is 0.385. The lowest BCUT2D eigenvalue weighted by atomic mass is 9.94. The van der Waals surface area contributed by atoms with Gasteiger partial charge in [-0.1, -0.05) is 30.3 Å². The second-order valence-electron chi connectivity index (χ2n) is 9.82. The van der Waals surface area contributed by atoms with E-state index in [9.17, 15) is 4.79 Å². The highest BCUT2D eigenvalue weighted by molar-refractivity contribution is 7.59. The van der Waals surface area contributed by atoms with Crippen molar-refractivity contribution < 1.29 is 4.79 Å². The smallest absolute Gasteiger partial charge is 0.318 e. The molecule has 0 unspecified atom stereocenters. The van der Waals surface area contributed by atoms with Gasteiger partial charge in [0.05, 0.1) is 34.9 Å². The Morgan fingerprint density at radius 3 is 2.67 bits per heavy atom. The first-order valence-corrected chi connectivity index (χ1v) is 12.7. The minimum atomic E-state index is -0.439. The molecule has 190 valence electrons. The first kappa shape index (κ1) is 26.1. The van der Waals surface area contributed by atoms with Gasteiger partial charge in [-0.15, -0.1) is 11.3 Å². The SMILES string of the molecule is Cc1nc(NC2=NCC3=C2CN(C(=O)N[C@H](CN(C)C)c2ccccc2)C3(C)C)c2sccc2n1.S. The van der Waals surface area contributed by atoms with Crippen molar-refractivity contribution >= 4 is 52.7 Å². The highest BCUT2D eigenvalue weighted by Crippen LogP contribution is 2.39. The molecule has 0 aliphatic carbocycles. The molecule has 2 aromatic heterocycles. The third-order valence-electron chi connectivity index (χ3n) is 6.72. The molecule has 2 N–H and O–H groups in total. The average Bonchev–Trinajstić information content (AvgIpc) is 3.50. The largest absolute Gasteiger partial charge is 0.330 e. The molecule has 2 aliphatic heterocycles. The summed E-state index contributed by atoms with van der Waals surface area (Å²) in [5, 5.41) is 8.76. The zero-order valence-electron chi connectivity index (χ0n) is 21.3. The molecule has 0 fully saturated rings. The highest BCUT2D eigenvalue weighted by atomic mass is 32.1. The monoisotopic (exact) mass is 523 g/mol. The van der Waals surface area contributed by atoms with Crippen LogP contribution in [0.3, 0.4) is 0 Å². The molecule has 8 nitrogen and oxygen atoms in total. The number of nitrogens with zero attached hydrogens (tertiary/aromatic N) is 5. The molecule has 2 aliphatic rings. The van der Waals surface area contributed by atoms with E-state index in [-0.39, 0.29) is 25.6 Å². The van der Waals surface area contributed by atoms with E-state index in [2.05, 4.69) is 51.5 Å². The Labute approximate surface area is 223 Å². The lowest BCUT2D eigenvalue weighted by Crippen LogP contribution is -2.52. The number of anilines is 1. The molecule has 1 atom stereocenters. The molecule has 5 rings (SSSR count). The summed E-state index contributed by atoms with van der Waals surface area (Å²) in [5.41, 5.74) is 3.83. The summed E-state index contributed by atoms with van der Waals surface area (Å²) >= 11 is 1.61. The van der Waals surface area contributed by atoms with Crippen LogP contribution in [0.2, 0.25) is 0 Å². The van der Waals surface area contributed by atoms with Gasteiger partial charge in [0.1, 0.15) is 11.7 Å². The maximum atomic E-state index is 13.6.